The summed E-state index contributed by atoms with van der Waals surface area (Å²) in [6, 6.07) is 0.680. The molecule has 0 radical (unpaired) electrons. The first-order chi connectivity index (χ1) is 6.61. The Kier molecular flexibility index (Phi) is 4.90. The van der Waals surface area contributed by atoms with E-state index in [1.54, 1.807) is 0 Å². The van der Waals surface area contributed by atoms with E-state index in [0.717, 1.165) is 11.8 Å². The zero-order chi connectivity index (χ0) is 10.6. The zero-order valence-electron chi connectivity index (χ0n) is 10.2. The molecule has 0 aromatic heterocycles. The minimum Gasteiger partial charge on any atom is -0.317 e. The van der Waals surface area contributed by atoms with E-state index in [1.165, 1.54) is 32.5 Å². The number of nitrogens with one attached hydrogen (secondary N) is 1. The molecule has 2 atom stereocenters. The van der Waals surface area contributed by atoms with Gasteiger partial charge in [-0.2, -0.15) is 0 Å². The van der Waals surface area contributed by atoms with E-state index in [-0.39, 0.29) is 0 Å². The molecule has 1 rings (SSSR count). The maximum atomic E-state index is 3.33. The third kappa shape index (κ3) is 3.97. The van der Waals surface area contributed by atoms with E-state index in [9.17, 15) is 0 Å². The topological polar surface area (TPSA) is 15.3 Å². The highest BCUT2D eigenvalue weighted by Crippen LogP contribution is 2.21. The molecule has 2 nitrogen and oxygen atoms in total. The van der Waals surface area contributed by atoms with E-state index >= 15 is 0 Å². The number of rotatable bonds is 5. The molecule has 0 aliphatic carbocycles. The van der Waals surface area contributed by atoms with Crippen LogP contribution in [0.15, 0.2) is 0 Å². The summed E-state index contributed by atoms with van der Waals surface area (Å²) in [5.74, 6) is 1.74. The van der Waals surface area contributed by atoms with E-state index < -0.39 is 0 Å². The van der Waals surface area contributed by atoms with Crippen molar-refractivity contribution >= 4 is 0 Å². The fraction of sp³-hybridized carbons (Fsp3) is 1.00. The van der Waals surface area contributed by atoms with Crippen molar-refractivity contribution in [3.05, 3.63) is 0 Å². The van der Waals surface area contributed by atoms with E-state index in [0.29, 0.717) is 6.04 Å². The third-order valence-corrected chi connectivity index (χ3v) is 3.17. The second-order valence-corrected chi connectivity index (χ2v) is 5.23. The fourth-order valence-corrected chi connectivity index (χ4v) is 2.41. The SMILES string of the molecule is CNC(C)CC1CCN(CC(C)C)C1. The van der Waals surface area contributed by atoms with Crippen LogP contribution in [0.1, 0.15) is 33.6 Å². The summed E-state index contributed by atoms with van der Waals surface area (Å²) in [6.07, 6.45) is 2.74. The lowest BCUT2D eigenvalue weighted by molar-refractivity contribution is 0.281. The molecular formula is C12H26N2. The van der Waals surface area contributed by atoms with Gasteiger partial charge in [0.05, 0.1) is 0 Å². The molecule has 1 saturated heterocycles. The van der Waals surface area contributed by atoms with Crippen LogP contribution in [0.3, 0.4) is 0 Å². The smallest absolute Gasteiger partial charge is 0.00388 e. The van der Waals surface area contributed by atoms with Crippen molar-refractivity contribution in [2.45, 2.75) is 39.7 Å². The second kappa shape index (κ2) is 5.72. The standard InChI is InChI=1S/C12H26N2/c1-10(2)8-14-6-5-12(9-14)7-11(3)13-4/h10-13H,5-9H2,1-4H3. The molecule has 1 N–H and O–H groups in total. The fourth-order valence-electron chi connectivity index (χ4n) is 2.41. The molecule has 0 spiro atoms. The lowest BCUT2D eigenvalue weighted by Gasteiger charge is -2.19. The summed E-state index contributed by atoms with van der Waals surface area (Å²) in [6.45, 7) is 10.8. The summed E-state index contributed by atoms with van der Waals surface area (Å²) in [4.78, 5) is 2.62. The van der Waals surface area contributed by atoms with Crippen LogP contribution in [0.4, 0.5) is 0 Å². The predicted octanol–water partition coefficient (Wildman–Crippen LogP) is 1.96. The monoisotopic (exact) mass is 198 g/mol. The van der Waals surface area contributed by atoms with Gasteiger partial charge in [0.2, 0.25) is 0 Å². The molecule has 14 heavy (non-hydrogen) atoms. The summed E-state index contributed by atoms with van der Waals surface area (Å²) in [5.41, 5.74) is 0. The van der Waals surface area contributed by atoms with Crippen LogP contribution in [0.5, 0.6) is 0 Å². The Hall–Kier alpha value is -0.0800. The Bertz CT molecular complexity index is 156. The normalized spacial score (nSPS) is 25.9. The maximum Gasteiger partial charge on any atom is 0.00388 e. The van der Waals surface area contributed by atoms with Crippen molar-refractivity contribution in [2.75, 3.05) is 26.7 Å². The van der Waals surface area contributed by atoms with Gasteiger partial charge in [0.25, 0.3) is 0 Å². The highest BCUT2D eigenvalue weighted by Gasteiger charge is 2.23. The summed E-state index contributed by atoms with van der Waals surface area (Å²) >= 11 is 0. The number of likely N-dealkylation sites (tertiary alicyclic amines) is 1. The van der Waals surface area contributed by atoms with Crippen LogP contribution in [0, 0.1) is 11.8 Å². The molecule has 0 aromatic carbocycles. The van der Waals surface area contributed by atoms with Crippen LogP contribution >= 0.6 is 0 Å². The number of hydrogen-bond acceptors (Lipinski definition) is 2. The first kappa shape index (κ1) is 12.0. The van der Waals surface area contributed by atoms with E-state index in [1.807, 2.05) is 0 Å². The van der Waals surface area contributed by atoms with Gasteiger partial charge in [-0.1, -0.05) is 13.8 Å². The Balaban J connectivity index is 2.20. The molecule has 1 aliphatic heterocycles. The molecule has 0 bridgehead atoms. The average Bonchev–Trinajstić information content (AvgIpc) is 2.51. The van der Waals surface area contributed by atoms with Crippen LogP contribution in [-0.4, -0.2) is 37.6 Å². The largest absolute Gasteiger partial charge is 0.317 e. The summed E-state index contributed by atoms with van der Waals surface area (Å²) in [7, 11) is 2.06. The molecule has 0 saturated carbocycles. The zero-order valence-corrected chi connectivity index (χ0v) is 10.2. The van der Waals surface area contributed by atoms with Crippen molar-refractivity contribution in [1.82, 2.24) is 10.2 Å². The van der Waals surface area contributed by atoms with Gasteiger partial charge in [-0.15, -0.1) is 0 Å². The highest BCUT2D eigenvalue weighted by molar-refractivity contribution is 4.78. The van der Waals surface area contributed by atoms with Crippen LogP contribution in [0.25, 0.3) is 0 Å². The third-order valence-electron chi connectivity index (χ3n) is 3.17. The van der Waals surface area contributed by atoms with Crippen molar-refractivity contribution in [3.63, 3.8) is 0 Å². The number of hydrogen-bond donors (Lipinski definition) is 1. The minimum absolute atomic E-state index is 0.680. The van der Waals surface area contributed by atoms with Gasteiger partial charge in [0, 0.05) is 19.1 Å². The lowest BCUT2D eigenvalue weighted by atomic mass is 10.0. The number of nitrogens with zero attached hydrogens (tertiary/aromatic N) is 1. The van der Waals surface area contributed by atoms with Crippen LogP contribution < -0.4 is 5.32 Å². The van der Waals surface area contributed by atoms with Crippen molar-refractivity contribution < 1.29 is 0 Å². The molecule has 1 fully saturated rings. The quantitative estimate of drug-likeness (QED) is 0.726. The maximum absolute atomic E-state index is 3.33. The van der Waals surface area contributed by atoms with Gasteiger partial charge < -0.3 is 10.2 Å². The van der Waals surface area contributed by atoms with Crippen LogP contribution in [0.2, 0.25) is 0 Å². The van der Waals surface area contributed by atoms with Gasteiger partial charge in [0.1, 0.15) is 0 Å². The molecule has 2 unspecified atom stereocenters. The average molecular weight is 198 g/mol. The molecule has 1 heterocycles. The molecule has 2 heteroatoms. The Morgan fingerprint density at radius 3 is 2.64 bits per heavy atom. The molecule has 1 aliphatic rings. The Morgan fingerprint density at radius 2 is 2.07 bits per heavy atom. The van der Waals surface area contributed by atoms with Crippen molar-refractivity contribution in [1.29, 1.82) is 0 Å². The first-order valence-electron chi connectivity index (χ1n) is 6.01. The van der Waals surface area contributed by atoms with Crippen molar-refractivity contribution in [2.24, 2.45) is 11.8 Å². The molecule has 0 aromatic rings. The summed E-state index contributed by atoms with van der Waals surface area (Å²) < 4.78 is 0. The van der Waals surface area contributed by atoms with Crippen molar-refractivity contribution in [3.8, 4) is 0 Å². The Labute approximate surface area is 89.1 Å². The highest BCUT2D eigenvalue weighted by atomic mass is 15.1. The van der Waals surface area contributed by atoms with Gasteiger partial charge in [0.15, 0.2) is 0 Å². The Morgan fingerprint density at radius 1 is 1.36 bits per heavy atom. The van der Waals surface area contributed by atoms with Gasteiger partial charge >= 0.3 is 0 Å². The lowest BCUT2D eigenvalue weighted by Crippen LogP contribution is -2.28. The summed E-state index contributed by atoms with van der Waals surface area (Å²) in [5, 5.41) is 3.33. The van der Waals surface area contributed by atoms with Crippen LogP contribution in [-0.2, 0) is 0 Å². The predicted molar refractivity (Wildman–Crippen MR) is 62.5 cm³/mol. The molecular weight excluding hydrogens is 172 g/mol. The van der Waals surface area contributed by atoms with E-state index in [2.05, 4.69) is 38.0 Å². The first-order valence-corrected chi connectivity index (χ1v) is 6.01. The minimum atomic E-state index is 0.680. The van der Waals surface area contributed by atoms with E-state index in [4.69, 9.17) is 0 Å². The van der Waals surface area contributed by atoms with Gasteiger partial charge in [-0.05, 0) is 45.2 Å². The molecule has 0 amide bonds. The van der Waals surface area contributed by atoms with Gasteiger partial charge in [-0.3, -0.25) is 0 Å². The van der Waals surface area contributed by atoms with Gasteiger partial charge in [-0.25, -0.2) is 0 Å². The molecule has 84 valence electrons. The second-order valence-electron chi connectivity index (χ2n) is 5.23.